The van der Waals surface area contributed by atoms with Gasteiger partial charge >= 0.3 is 0 Å². The van der Waals surface area contributed by atoms with Gasteiger partial charge < -0.3 is 9.64 Å². The summed E-state index contributed by atoms with van der Waals surface area (Å²) in [7, 11) is 1.90. The number of carbonyl (C=O) groups excluding carboxylic acids is 1. The van der Waals surface area contributed by atoms with Crippen LogP contribution in [0.2, 0.25) is 0 Å². The van der Waals surface area contributed by atoms with Crippen LogP contribution in [0.25, 0.3) is 11.2 Å². The van der Waals surface area contributed by atoms with Crippen LogP contribution in [-0.2, 0) is 23.0 Å². The molecule has 3 aromatic rings. The van der Waals surface area contributed by atoms with E-state index in [1.54, 1.807) is 17.1 Å². The van der Waals surface area contributed by atoms with E-state index >= 15 is 0 Å². The van der Waals surface area contributed by atoms with Crippen molar-refractivity contribution in [1.29, 1.82) is 0 Å². The van der Waals surface area contributed by atoms with Gasteiger partial charge in [0.15, 0.2) is 11.8 Å². The maximum Gasteiger partial charge on any atom is 0.256 e. The molecule has 0 saturated carbocycles. The zero-order chi connectivity index (χ0) is 19.1. The second-order valence-electron chi connectivity index (χ2n) is 7.54. The van der Waals surface area contributed by atoms with Crippen LogP contribution in [0, 0.1) is 0 Å². The third-order valence-electron chi connectivity index (χ3n) is 5.90. The Balaban J connectivity index is 1.32. The number of likely N-dealkylation sites (tertiary alicyclic amines) is 1. The van der Waals surface area contributed by atoms with Crippen LogP contribution in [0.5, 0.6) is 0 Å². The van der Waals surface area contributed by atoms with Gasteiger partial charge in [0.05, 0.1) is 12.3 Å². The van der Waals surface area contributed by atoms with Crippen molar-refractivity contribution < 1.29 is 9.53 Å². The third kappa shape index (κ3) is 2.86. The largest absolute Gasteiger partial charge is 0.363 e. The van der Waals surface area contributed by atoms with Crippen LogP contribution in [0.3, 0.4) is 0 Å². The number of nitrogens with zero attached hydrogens (tertiary/aromatic N) is 5. The minimum absolute atomic E-state index is 0.0799. The summed E-state index contributed by atoms with van der Waals surface area (Å²) in [6, 6.07) is 8.12. The van der Waals surface area contributed by atoms with Crippen LogP contribution in [0.4, 0.5) is 0 Å². The minimum Gasteiger partial charge on any atom is -0.363 e. The average Bonchev–Trinajstić information content (AvgIpc) is 3.10. The second-order valence-corrected chi connectivity index (χ2v) is 7.54. The summed E-state index contributed by atoms with van der Waals surface area (Å²) in [5.74, 6) is 0.375. The number of amides is 1. The van der Waals surface area contributed by atoms with E-state index in [4.69, 9.17) is 4.74 Å². The quantitative estimate of drug-likeness (QED) is 0.686. The fraction of sp³-hybridized carbons (Fsp3) is 0.429. The molecule has 4 heterocycles. The number of carbonyl (C=O) groups is 1. The molecule has 7 nitrogen and oxygen atoms in total. The predicted octanol–water partition coefficient (Wildman–Crippen LogP) is 2.38. The summed E-state index contributed by atoms with van der Waals surface area (Å²) >= 11 is 0. The molecule has 7 heteroatoms. The maximum absolute atomic E-state index is 13.1. The molecule has 2 aliphatic heterocycles. The van der Waals surface area contributed by atoms with Crippen LogP contribution >= 0.6 is 0 Å². The first-order chi connectivity index (χ1) is 13.7. The Morgan fingerprint density at radius 1 is 1.14 bits per heavy atom. The Hall–Kier alpha value is -2.80. The lowest BCUT2D eigenvalue weighted by Crippen LogP contribution is -2.42. The number of aryl methyl sites for hydroxylation is 1. The number of aromatic nitrogens is 4. The first kappa shape index (κ1) is 17.3. The van der Waals surface area contributed by atoms with Crippen LogP contribution in [0.1, 0.15) is 41.7 Å². The van der Waals surface area contributed by atoms with Crippen molar-refractivity contribution in [1.82, 2.24) is 24.6 Å². The molecule has 0 radical (unpaired) electrons. The monoisotopic (exact) mass is 377 g/mol. The first-order valence-corrected chi connectivity index (χ1v) is 9.84. The summed E-state index contributed by atoms with van der Waals surface area (Å²) in [5.41, 5.74) is 4.92. The number of benzene rings is 1. The molecule has 0 spiro atoms. The molecule has 0 aliphatic carbocycles. The molecule has 0 bridgehead atoms. The van der Waals surface area contributed by atoms with Gasteiger partial charge in [0.25, 0.3) is 5.91 Å². The predicted molar refractivity (Wildman–Crippen MR) is 104 cm³/mol. The van der Waals surface area contributed by atoms with E-state index < -0.39 is 6.10 Å². The molecule has 2 aliphatic rings. The average molecular weight is 377 g/mol. The van der Waals surface area contributed by atoms with Crippen molar-refractivity contribution in [3.8, 4) is 0 Å². The Bertz CT molecular complexity index is 1020. The van der Waals surface area contributed by atoms with E-state index in [1.165, 1.54) is 5.56 Å². The van der Waals surface area contributed by atoms with Gasteiger partial charge in [0.1, 0.15) is 5.52 Å². The summed E-state index contributed by atoms with van der Waals surface area (Å²) in [6.45, 7) is 2.02. The minimum atomic E-state index is -0.469. The third-order valence-corrected chi connectivity index (χ3v) is 5.90. The zero-order valence-electron chi connectivity index (χ0n) is 15.9. The smallest absolute Gasteiger partial charge is 0.256 e. The van der Waals surface area contributed by atoms with Gasteiger partial charge in [-0.15, -0.1) is 0 Å². The molecule has 28 heavy (non-hydrogen) atoms. The molecular formula is C21H23N5O2. The molecule has 144 valence electrons. The van der Waals surface area contributed by atoms with Gasteiger partial charge in [-0.25, -0.2) is 14.6 Å². The number of hydrogen-bond acceptors (Lipinski definition) is 5. The van der Waals surface area contributed by atoms with Crippen molar-refractivity contribution in [3.05, 3.63) is 53.5 Å². The van der Waals surface area contributed by atoms with Crippen LogP contribution < -0.4 is 0 Å². The molecule has 1 aromatic carbocycles. The fourth-order valence-corrected chi connectivity index (χ4v) is 4.42. The lowest BCUT2D eigenvalue weighted by molar-refractivity contribution is -0.146. The summed E-state index contributed by atoms with van der Waals surface area (Å²) < 4.78 is 7.66. The molecule has 1 atom stereocenters. The SMILES string of the molecule is Cn1nc(C2CCN(C(=O)C3OCCc4ccccc43)CC2)c2nccnc21. The number of fused-ring (bicyclic) bond motifs is 2. The van der Waals surface area contributed by atoms with Crippen molar-refractivity contribution in [2.24, 2.45) is 7.05 Å². The van der Waals surface area contributed by atoms with E-state index in [0.29, 0.717) is 25.6 Å². The number of rotatable bonds is 2. The fourth-order valence-electron chi connectivity index (χ4n) is 4.42. The maximum atomic E-state index is 13.1. The van der Waals surface area contributed by atoms with E-state index in [0.717, 1.165) is 41.7 Å². The van der Waals surface area contributed by atoms with Crippen molar-refractivity contribution >= 4 is 17.1 Å². The molecule has 0 N–H and O–H groups in total. The topological polar surface area (TPSA) is 73.1 Å². The molecule has 1 fully saturated rings. The molecule has 5 rings (SSSR count). The lowest BCUT2D eigenvalue weighted by atomic mass is 9.91. The van der Waals surface area contributed by atoms with Gasteiger partial charge in [-0.2, -0.15) is 5.10 Å². The zero-order valence-corrected chi connectivity index (χ0v) is 15.9. The van der Waals surface area contributed by atoms with Crippen molar-refractivity contribution in [2.45, 2.75) is 31.3 Å². The van der Waals surface area contributed by atoms with Gasteiger partial charge in [-0.3, -0.25) is 4.79 Å². The Labute approximate surface area is 163 Å². The second kappa shape index (κ2) is 6.98. The number of ether oxygens (including phenoxy) is 1. The lowest BCUT2D eigenvalue weighted by Gasteiger charge is -2.35. The molecule has 1 unspecified atom stereocenters. The Morgan fingerprint density at radius 3 is 2.79 bits per heavy atom. The van der Waals surface area contributed by atoms with Gasteiger partial charge in [0, 0.05) is 38.4 Å². The Morgan fingerprint density at radius 2 is 1.93 bits per heavy atom. The van der Waals surface area contributed by atoms with Crippen LogP contribution in [-0.4, -0.2) is 50.3 Å². The highest BCUT2D eigenvalue weighted by atomic mass is 16.5. The summed E-state index contributed by atoms with van der Waals surface area (Å²) in [6.07, 6.45) is 5.56. The highest BCUT2D eigenvalue weighted by Crippen LogP contribution is 2.33. The van der Waals surface area contributed by atoms with Crippen LogP contribution in [0.15, 0.2) is 36.7 Å². The van der Waals surface area contributed by atoms with E-state index in [1.807, 2.05) is 30.1 Å². The number of hydrogen-bond donors (Lipinski definition) is 0. The molecule has 1 saturated heterocycles. The van der Waals surface area contributed by atoms with E-state index in [2.05, 4.69) is 21.1 Å². The van der Waals surface area contributed by atoms with Gasteiger partial charge in [-0.1, -0.05) is 24.3 Å². The normalized spacial score (nSPS) is 20.3. The Kier molecular flexibility index (Phi) is 4.31. The van der Waals surface area contributed by atoms with E-state index in [9.17, 15) is 4.79 Å². The highest BCUT2D eigenvalue weighted by Gasteiger charge is 2.34. The summed E-state index contributed by atoms with van der Waals surface area (Å²) in [5, 5.41) is 4.67. The molecule has 2 aromatic heterocycles. The molecular weight excluding hydrogens is 354 g/mol. The van der Waals surface area contributed by atoms with Gasteiger partial charge in [0.2, 0.25) is 0 Å². The van der Waals surface area contributed by atoms with Gasteiger partial charge in [-0.05, 0) is 30.4 Å². The standard InChI is InChI=1S/C21H23N5O2/c1-25-20-18(22-9-10-23-20)17(24-25)15-6-11-26(12-7-15)21(27)19-16-5-3-2-4-14(16)8-13-28-19/h2-5,9-10,15,19H,6-8,11-13H2,1H3. The van der Waals surface area contributed by atoms with Crippen molar-refractivity contribution in [3.63, 3.8) is 0 Å². The number of piperidine rings is 1. The van der Waals surface area contributed by atoms with E-state index in [-0.39, 0.29) is 5.91 Å². The summed E-state index contributed by atoms with van der Waals surface area (Å²) in [4.78, 5) is 23.9. The first-order valence-electron chi connectivity index (χ1n) is 9.84. The molecule has 1 amide bonds. The van der Waals surface area contributed by atoms with Crippen molar-refractivity contribution in [2.75, 3.05) is 19.7 Å². The highest BCUT2D eigenvalue weighted by molar-refractivity contribution is 5.83.